The summed E-state index contributed by atoms with van der Waals surface area (Å²) in [6, 6.07) is 7.11. The summed E-state index contributed by atoms with van der Waals surface area (Å²) in [6.45, 7) is 0. The summed E-state index contributed by atoms with van der Waals surface area (Å²) in [4.78, 5) is 11.4. The third-order valence-corrected chi connectivity index (χ3v) is 3.32. The predicted octanol–water partition coefficient (Wildman–Crippen LogP) is 3.64. The van der Waals surface area contributed by atoms with Gasteiger partial charge in [0.2, 0.25) is 0 Å². The van der Waals surface area contributed by atoms with E-state index in [1.165, 1.54) is 24.3 Å². The van der Waals surface area contributed by atoms with Gasteiger partial charge in [0.1, 0.15) is 0 Å². The van der Waals surface area contributed by atoms with E-state index < -0.39 is 17.6 Å². The fraction of sp³-hybridized carbons (Fsp3) is 0.0714. The Balaban J connectivity index is 2.45. The highest BCUT2D eigenvalue weighted by Crippen LogP contribution is 2.36. The number of amides is 1. The molecule has 0 bridgehead atoms. The second-order valence-corrected chi connectivity index (χ2v) is 4.58. The van der Waals surface area contributed by atoms with Gasteiger partial charge in [-0.3, -0.25) is 4.79 Å². The van der Waals surface area contributed by atoms with Crippen LogP contribution < -0.4 is 5.73 Å². The first kappa shape index (κ1) is 13.4. The topological polar surface area (TPSA) is 48.0 Å². The maximum Gasteiger partial charge on any atom is 0.416 e. The van der Waals surface area contributed by atoms with Gasteiger partial charge in [-0.25, -0.2) is 0 Å². The molecule has 1 amide bonds. The largest absolute Gasteiger partial charge is 0.416 e. The molecule has 0 unspecified atom stereocenters. The number of primary amides is 1. The van der Waals surface area contributed by atoms with Crippen LogP contribution in [0.15, 0.2) is 36.4 Å². The lowest BCUT2D eigenvalue weighted by atomic mass is 10.1. The minimum atomic E-state index is -4.57. The fourth-order valence-electron chi connectivity index (χ4n) is 2.39. The van der Waals surface area contributed by atoms with Crippen molar-refractivity contribution >= 4 is 27.7 Å². The third-order valence-electron chi connectivity index (χ3n) is 3.32. The van der Waals surface area contributed by atoms with E-state index in [-0.39, 0.29) is 26.8 Å². The molecule has 1 heterocycles. The van der Waals surface area contributed by atoms with Crippen molar-refractivity contribution in [2.75, 3.05) is 0 Å². The van der Waals surface area contributed by atoms with Crippen molar-refractivity contribution in [1.82, 2.24) is 4.79 Å². The van der Waals surface area contributed by atoms with Gasteiger partial charge < -0.3 is 5.73 Å². The van der Waals surface area contributed by atoms with E-state index in [2.05, 4.69) is 0 Å². The molecule has 3 rings (SSSR count). The van der Waals surface area contributed by atoms with Gasteiger partial charge in [-0.05, 0) is 18.2 Å². The maximum absolute atomic E-state index is 14.4. The van der Waals surface area contributed by atoms with Crippen molar-refractivity contribution in [3.05, 3.63) is 47.5 Å². The quantitative estimate of drug-likeness (QED) is 0.685. The van der Waals surface area contributed by atoms with E-state index in [9.17, 15) is 22.4 Å². The molecule has 0 atom stereocenters. The zero-order valence-corrected chi connectivity index (χ0v) is 10.4. The van der Waals surface area contributed by atoms with Crippen LogP contribution in [0.25, 0.3) is 21.8 Å². The van der Waals surface area contributed by atoms with E-state index in [4.69, 9.17) is 5.73 Å². The first-order valence-electron chi connectivity index (χ1n) is 5.91. The van der Waals surface area contributed by atoms with Crippen molar-refractivity contribution in [3.63, 3.8) is 0 Å². The molecule has 3 aromatic rings. The van der Waals surface area contributed by atoms with Crippen LogP contribution in [0.2, 0.25) is 0 Å². The molecular weight excluding hydrogens is 288 g/mol. The normalized spacial score (nSPS) is 12.2. The Morgan fingerprint density at radius 2 is 1.81 bits per heavy atom. The summed E-state index contributed by atoms with van der Waals surface area (Å²) in [7, 11) is 0. The SMILES string of the molecule is NC(=O)c1cccc2c3ccc(C(F)(F)F)cc3n(F)c12. The van der Waals surface area contributed by atoms with Crippen LogP contribution in [0.1, 0.15) is 15.9 Å². The Hall–Kier alpha value is -2.57. The van der Waals surface area contributed by atoms with Gasteiger partial charge >= 0.3 is 6.18 Å². The number of hydrogen-bond acceptors (Lipinski definition) is 1. The number of carbonyl (C=O) groups is 1. The summed E-state index contributed by atoms with van der Waals surface area (Å²) in [5.74, 6) is -0.849. The standard InChI is InChI=1S/C14H8F4N2O/c15-14(16,17)7-4-5-8-9-2-1-3-10(13(19)21)12(9)20(18)11(8)6-7/h1-6H,(H2,19,21). The van der Waals surface area contributed by atoms with Crippen LogP contribution in [0, 0.1) is 0 Å². The number of fused-ring (bicyclic) bond motifs is 3. The first-order chi connectivity index (χ1) is 9.80. The first-order valence-corrected chi connectivity index (χ1v) is 5.91. The van der Waals surface area contributed by atoms with Gasteiger partial charge in [-0.15, -0.1) is 0 Å². The van der Waals surface area contributed by atoms with E-state index in [0.29, 0.717) is 11.5 Å². The van der Waals surface area contributed by atoms with Crippen LogP contribution in [0.5, 0.6) is 0 Å². The van der Waals surface area contributed by atoms with Crippen molar-refractivity contribution in [3.8, 4) is 0 Å². The van der Waals surface area contributed by atoms with Crippen molar-refractivity contribution in [1.29, 1.82) is 0 Å². The molecule has 0 aliphatic carbocycles. The number of hydrogen-bond donors (Lipinski definition) is 1. The number of benzene rings is 2. The van der Waals surface area contributed by atoms with Crippen molar-refractivity contribution in [2.45, 2.75) is 6.18 Å². The van der Waals surface area contributed by atoms with Crippen LogP contribution in [0.3, 0.4) is 0 Å². The average molecular weight is 296 g/mol. The summed E-state index contributed by atoms with van der Waals surface area (Å²) in [5.41, 5.74) is 3.74. The lowest BCUT2D eigenvalue weighted by molar-refractivity contribution is -0.137. The number of rotatable bonds is 1. The number of carbonyl (C=O) groups excluding carboxylic acids is 1. The minimum Gasteiger partial charge on any atom is -0.366 e. The lowest BCUT2D eigenvalue weighted by Gasteiger charge is -2.06. The Bertz CT molecular complexity index is 880. The van der Waals surface area contributed by atoms with Gasteiger partial charge in [0.15, 0.2) is 0 Å². The molecule has 0 aliphatic heterocycles. The molecule has 0 saturated carbocycles. The molecule has 1 aromatic heterocycles. The van der Waals surface area contributed by atoms with Crippen molar-refractivity contribution in [2.24, 2.45) is 5.73 Å². The Morgan fingerprint density at radius 1 is 1.10 bits per heavy atom. The summed E-state index contributed by atoms with van der Waals surface area (Å²) < 4.78 is 52.5. The zero-order valence-electron chi connectivity index (χ0n) is 10.4. The number of nitrogens with zero attached hydrogens (tertiary/aromatic N) is 1. The number of aromatic nitrogens is 1. The molecule has 7 heteroatoms. The van der Waals surface area contributed by atoms with Gasteiger partial charge in [-0.2, -0.15) is 18.0 Å². The number of nitrogens with two attached hydrogens (primary N) is 1. The van der Waals surface area contributed by atoms with Crippen molar-refractivity contribution < 1.29 is 22.4 Å². The van der Waals surface area contributed by atoms with Crippen LogP contribution in [-0.4, -0.2) is 10.7 Å². The summed E-state index contributed by atoms with van der Waals surface area (Å²) in [5, 5.41) is 0.612. The Kier molecular flexibility index (Phi) is 2.69. The molecule has 0 aliphatic rings. The van der Waals surface area contributed by atoms with E-state index in [1.54, 1.807) is 0 Å². The maximum atomic E-state index is 14.4. The molecule has 0 radical (unpaired) electrons. The molecule has 0 saturated heterocycles. The molecule has 108 valence electrons. The lowest BCUT2D eigenvalue weighted by Crippen LogP contribution is -2.12. The monoisotopic (exact) mass is 296 g/mol. The average Bonchev–Trinajstić information content (AvgIpc) is 2.71. The molecule has 3 nitrogen and oxygen atoms in total. The number of halogens is 4. The highest BCUT2D eigenvalue weighted by Gasteiger charge is 2.31. The molecular formula is C14H8F4N2O. The second-order valence-electron chi connectivity index (χ2n) is 4.58. The van der Waals surface area contributed by atoms with Gasteiger partial charge in [0.05, 0.1) is 22.2 Å². The van der Waals surface area contributed by atoms with Crippen LogP contribution in [-0.2, 0) is 6.18 Å². The third kappa shape index (κ3) is 1.93. The number of para-hydroxylation sites is 1. The predicted molar refractivity (Wildman–Crippen MR) is 69.5 cm³/mol. The minimum absolute atomic E-state index is 0.0694. The molecule has 2 aromatic carbocycles. The van der Waals surface area contributed by atoms with Crippen LogP contribution in [0.4, 0.5) is 17.7 Å². The second kappa shape index (κ2) is 4.21. The zero-order chi connectivity index (χ0) is 15.4. The van der Waals surface area contributed by atoms with Gasteiger partial charge in [0, 0.05) is 10.8 Å². The highest BCUT2D eigenvalue weighted by molar-refractivity contribution is 6.15. The Labute approximate surface area is 115 Å². The van der Waals surface area contributed by atoms with E-state index >= 15 is 0 Å². The van der Waals surface area contributed by atoms with Gasteiger partial charge in [-0.1, -0.05) is 22.7 Å². The summed E-state index contributed by atoms with van der Waals surface area (Å²) >= 11 is 0. The molecule has 21 heavy (non-hydrogen) atoms. The Morgan fingerprint density at radius 3 is 2.43 bits per heavy atom. The van der Waals surface area contributed by atoms with Crippen LogP contribution >= 0.6 is 0 Å². The van der Waals surface area contributed by atoms with Gasteiger partial charge in [0.25, 0.3) is 5.91 Å². The molecule has 0 fully saturated rings. The van der Waals surface area contributed by atoms with E-state index in [1.807, 2.05) is 0 Å². The van der Waals surface area contributed by atoms with E-state index in [0.717, 1.165) is 6.07 Å². The highest BCUT2D eigenvalue weighted by atomic mass is 19.4. The fourth-order valence-corrected chi connectivity index (χ4v) is 2.39. The smallest absolute Gasteiger partial charge is 0.366 e. The molecule has 0 spiro atoms. The number of alkyl halides is 3. The molecule has 2 N–H and O–H groups in total. The summed E-state index contributed by atoms with van der Waals surface area (Å²) in [6.07, 6.45) is -4.57.